The van der Waals surface area contributed by atoms with Crippen LogP contribution in [0.3, 0.4) is 0 Å². The van der Waals surface area contributed by atoms with Crippen LogP contribution in [-0.4, -0.2) is 24.2 Å². The third-order valence-electron chi connectivity index (χ3n) is 3.74. The maximum absolute atomic E-state index is 13.2. The van der Waals surface area contributed by atoms with Crippen molar-refractivity contribution in [2.45, 2.75) is 11.9 Å². The van der Waals surface area contributed by atoms with Gasteiger partial charge in [0.25, 0.3) is 0 Å². The van der Waals surface area contributed by atoms with Crippen molar-refractivity contribution >= 4 is 37.6 Å². The molecule has 0 aliphatic heterocycles. The van der Waals surface area contributed by atoms with Crippen molar-refractivity contribution < 1.29 is 31.3 Å². The molecule has 25 heavy (non-hydrogen) atoms. The largest absolute Gasteiger partial charge is 0.465 e. The van der Waals surface area contributed by atoms with Crippen molar-refractivity contribution in [2.24, 2.45) is 0 Å². The molecule has 0 aromatic heterocycles. The number of alkyl halides is 2. The van der Waals surface area contributed by atoms with E-state index in [9.17, 15) is 22.0 Å². The summed E-state index contributed by atoms with van der Waals surface area (Å²) in [6.45, 7) is -0.552. The zero-order valence-corrected chi connectivity index (χ0v) is 13.5. The molecular weight excluding hydrogens is 354 g/mol. The second-order valence-corrected chi connectivity index (χ2v) is 6.87. The third kappa shape index (κ3) is 3.18. The van der Waals surface area contributed by atoms with Crippen molar-refractivity contribution in [3.8, 4) is 0 Å². The number of halogens is 2. The Kier molecular flexibility index (Phi) is 4.18. The molecule has 0 bridgehead atoms. The van der Waals surface area contributed by atoms with Gasteiger partial charge in [-0.05, 0) is 33.2 Å². The minimum Gasteiger partial charge on any atom is -0.455 e. The van der Waals surface area contributed by atoms with E-state index in [2.05, 4.69) is 4.74 Å². The van der Waals surface area contributed by atoms with E-state index >= 15 is 0 Å². The SMILES string of the molecule is O=C(OCc1ccc2ccc3ccccc3c2c1)C(F)(F)S(=O)(=O)O. The topological polar surface area (TPSA) is 80.7 Å². The number of ether oxygens (including phenoxy) is 1. The van der Waals surface area contributed by atoms with Gasteiger partial charge in [0, 0.05) is 0 Å². The molecule has 0 radical (unpaired) electrons. The summed E-state index contributed by atoms with van der Waals surface area (Å²) in [5, 5.41) is -1.32. The average molecular weight is 366 g/mol. The Bertz CT molecular complexity index is 1080. The van der Waals surface area contributed by atoms with Crippen molar-refractivity contribution in [3.05, 3.63) is 60.2 Å². The van der Waals surface area contributed by atoms with E-state index in [1.807, 2.05) is 36.4 Å². The van der Waals surface area contributed by atoms with Crippen LogP contribution in [0, 0.1) is 0 Å². The van der Waals surface area contributed by atoms with Crippen molar-refractivity contribution in [2.75, 3.05) is 0 Å². The first-order valence-corrected chi connectivity index (χ1v) is 8.56. The molecule has 5 nitrogen and oxygen atoms in total. The summed E-state index contributed by atoms with van der Waals surface area (Å²) in [6.07, 6.45) is 0. The minimum atomic E-state index is -5.88. The van der Waals surface area contributed by atoms with Gasteiger partial charge in [0.15, 0.2) is 0 Å². The number of carbonyl (C=O) groups excluding carboxylic acids is 1. The molecule has 0 aliphatic rings. The van der Waals surface area contributed by atoms with Gasteiger partial charge in [-0.2, -0.15) is 17.2 Å². The van der Waals surface area contributed by atoms with E-state index in [0.29, 0.717) is 5.56 Å². The highest BCUT2D eigenvalue weighted by molar-refractivity contribution is 7.87. The van der Waals surface area contributed by atoms with Crippen LogP contribution in [0.2, 0.25) is 0 Å². The first-order chi connectivity index (χ1) is 11.7. The molecule has 3 rings (SSSR count). The lowest BCUT2D eigenvalue weighted by Gasteiger charge is -2.12. The molecule has 0 fully saturated rings. The highest BCUT2D eigenvalue weighted by atomic mass is 32.2. The first kappa shape index (κ1) is 17.2. The molecule has 0 atom stereocenters. The molecule has 0 heterocycles. The molecule has 0 aliphatic carbocycles. The monoisotopic (exact) mass is 366 g/mol. The molecule has 3 aromatic rings. The summed E-state index contributed by atoms with van der Waals surface area (Å²) in [5.74, 6) is -2.33. The molecule has 0 amide bonds. The Morgan fingerprint density at radius 1 is 1.00 bits per heavy atom. The van der Waals surface area contributed by atoms with Gasteiger partial charge in [0.1, 0.15) is 6.61 Å². The van der Waals surface area contributed by atoms with Gasteiger partial charge in [-0.15, -0.1) is 0 Å². The quantitative estimate of drug-likeness (QED) is 0.434. The fourth-order valence-corrected chi connectivity index (χ4v) is 2.75. The lowest BCUT2D eigenvalue weighted by Crippen LogP contribution is -2.38. The molecular formula is C17H12F2O5S. The van der Waals surface area contributed by atoms with Gasteiger partial charge in [-0.1, -0.05) is 48.5 Å². The van der Waals surface area contributed by atoms with Crippen LogP contribution >= 0.6 is 0 Å². The molecule has 0 saturated carbocycles. The van der Waals surface area contributed by atoms with E-state index in [1.165, 1.54) is 0 Å². The van der Waals surface area contributed by atoms with Crippen LogP contribution in [0.1, 0.15) is 5.56 Å². The second kappa shape index (κ2) is 6.05. The first-order valence-electron chi connectivity index (χ1n) is 7.12. The summed E-state index contributed by atoms with van der Waals surface area (Å²) in [7, 11) is -5.88. The molecule has 130 valence electrons. The van der Waals surface area contributed by atoms with E-state index in [-0.39, 0.29) is 0 Å². The Labute approximate surface area is 141 Å². The maximum atomic E-state index is 13.2. The fraction of sp³-hybridized carbons (Fsp3) is 0.118. The summed E-state index contributed by atoms with van der Waals surface area (Å²) >= 11 is 0. The molecule has 3 aromatic carbocycles. The Morgan fingerprint density at radius 3 is 2.28 bits per heavy atom. The van der Waals surface area contributed by atoms with Crippen LogP contribution in [0.15, 0.2) is 54.6 Å². The van der Waals surface area contributed by atoms with Gasteiger partial charge in [-0.25, -0.2) is 4.79 Å². The number of hydrogen-bond acceptors (Lipinski definition) is 4. The van der Waals surface area contributed by atoms with Gasteiger partial charge in [-0.3, -0.25) is 4.55 Å². The average Bonchev–Trinajstić information content (AvgIpc) is 2.58. The van der Waals surface area contributed by atoms with Crippen molar-refractivity contribution in [3.63, 3.8) is 0 Å². The van der Waals surface area contributed by atoms with Crippen LogP contribution in [0.5, 0.6) is 0 Å². The van der Waals surface area contributed by atoms with Crippen molar-refractivity contribution in [1.29, 1.82) is 0 Å². The van der Waals surface area contributed by atoms with E-state index in [4.69, 9.17) is 4.55 Å². The number of rotatable bonds is 4. The predicted octanol–water partition coefficient (Wildman–Crippen LogP) is 3.52. The Balaban J connectivity index is 1.90. The van der Waals surface area contributed by atoms with E-state index in [1.54, 1.807) is 18.2 Å². The maximum Gasteiger partial charge on any atom is 0.465 e. The number of carbonyl (C=O) groups is 1. The summed E-state index contributed by atoms with van der Waals surface area (Å²) in [6, 6.07) is 16.4. The zero-order chi connectivity index (χ0) is 18.2. The smallest absolute Gasteiger partial charge is 0.455 e. The Morgan fingerprint density at radius 2 is 1.60 bits per heavy atom. The second-order valence-electron chi connectivity index (χ2n) is 5.41. The van der Waals surface area contributed by atoms with Crippen LogP contribution in [0.25, 0.3) is 21.5 Å². The summed E-state index contributed by atoms with van der Waals surface area (Å²) in [4.78, 5) is 11.2. The minimum absolute atomic E-state index is 0.406. The third-order valence-corrected chi connectivity index (χ3v) is 4.56. The number of fused-ring (bicyclic) bond motifs is 3. The summed E-state index contributed by atoms with van der Waals surface area (Å²) in [5.41, 5.74) is 0.406. The molecule has 0 saturated heterocycles. The molecule has 8 heteroatoms. The van der Waals surface area contributed by atoms with Crippen LogP contribution < -0.4 is 0 Å². The van der Waals surface area contributed by atoms with Gasteiger partial charge < -0.3 is 4.74 Å². The molecule has 0 unspecified atom stereocenters. The van der Waals surface area contributed by atoms with Gasteiger partial charge in [0.2, 0.25) is 0 Å². The highest BCUT2D eigenvalue weighted by Crippen LogP contribution is 2.27. The predicted molar refractivity (Wildman–Crippen MR) is 87.7 cm³/mol. The standard InChI is InChI=1S/C17H12F2O5S/c18-17(19,25(21,22)23)16(20)24-10-11-5-6-13-8-7-12-3-1-2-4-14(12)15(13)9-11/h1-9H,10H2,(H,21,22,23). The van der Waals surface area contributed by atoms with Crippen molar-refractivity contribution in [1.82, 2.24) is 0 Å². The molecule has 1 N–H and O–H groups in total. The highest BCUT2D eigenvalue weighted by Gasteiger charge is 2.54. The normalized spacial score (nSPS) is 12.4. The lowest BCUT2D eigenvalue weighted by atomic mass is 10.0. The lowest BCUT2D eigenvalue weighted by molar-refractivity contribution is -0.162. The van der Waals surface area contributed by atoms with Crippen LogP contribution in [0.4, 0.5) is 8.78 Å². The van der Waals surface area contributed by atoms with Crippen LogP contribution in [-0.2, 0) is 26.3 Å². The fourth-order valence-electron chi connectivity index (χ4n) is 2.48. The molecule has 0 spiro atoms. The summed E-state index contributed by atoms with van der Waals surface area (Å²) < 4.78 is 60.2. The zero-order valence-electron chi connectivity index (χ0n) is 12.6. The number of hydrogen-bond donors (Lipinski definition) is 1. The number of esters is 1. The van der Waals surface area contributed by atoms with Gasteiger partial charge in [0.05, 0.1) is 0 Å². The number of benzene rings is 3. The van der Waals surface area contributed by atoms with E-state index < -0.39 is 27.9 Å². The van der Waals surface area contributed by atoms with E-state index in [0.717, 1.165) is 21.5 Å². The Hall–Kier alpha value is -2.58. The van der Waals surface area contributed by atoms with Gasteiger partial charge >= 0.3 is 21.3 Å².